The van der Waals surface area contributed by atoms with Crippen molar-refractivity contribution in [1.82, 2.24) is 15.1 Å². The summed E-state index contributed by atoms with van der Waals surface area (Å²) in [4.78, 5) is 9.26. The van der Waals surface area contributed by atoms with Crippen molar-refractivity contribution < 1.29 is 23.5 Å². The van der Waals surface area contributed by atoms with Gasteiger partial charge in [0.15, 0.2) is 11.5 Å². The summed E-state index contributed by atoms with van der Waals surface area (Å²) in [5.41, 5.74) is 4.25. The zero-order valence-electron chi connectivity index (χ0n) is 19.2. The Morgan fingerprint density at radius 1 is 0.818 bits per heavy atom. The first-order valence-corrected chi connectivity index (χ1v) is 10.4. The Hall–Kier alpha value is -4.07. The van der Waals surface area contributed by atoms with E-state index in [1.54, 1.807) is 33.5 Å². The quantitative estimate of drug-likeness (QED) is 0.364. The molecule has 0 saturated heterocycles. The number of aryl methyl sites for hydroxylation is 1. The number of ether oxygens (including phenoxy) is 4. The Labute approximate surface area is 192 Å². The summed E-state index contributed by atoms with van der Waals surface area (Å²) >= 11 is 0. The Morgan fingerprint density at radius 2 is 1.52 bits per heavy atom. The fourth-order valence-corrected chi connectivity index (χ4v) is 3.40. The second-order valence-electron chi connectivity index (χ2n) is 7.19. The van der Waals surface area contributed by atoms with Crippen molar-refractivity contribution in [2.24, 2.45) is 0 Å². The molecule has 0 spiro atoms. The first kappa shape index (κ1) is 22.1. The van der Waals surface area contributed by atoms with Gasteiger partial charge in [0, 0.05) is 11.1 Å². The standard InChI is InChI=1S/C25H25N3O5/c1-6-32-25-18(11-12-19(26-25)16-9-7-15(2)8-10-16)23-27-24(33-28-23)17-13-20(29-3)22(31-5)21(14-17)30-4/h7-14H,6H2,1-5H3. The number of methoxy groups -OCH3 is 3. The monoisotopic (exact) mass is 447 g/mol. The Bertz CT molecular complexity index is 1230. The molecular weight excluding hydrogens is 422 g/mol. The van der Waals surface area contributed by atoms with Gasteiger partial charge in [0.2, 0.25) is 17.5 Å². The molecule has 4 rings (SSSR count). The third-order valence-electron chi connectivity index (χ3n) is 5.07. The molecule has 0 aliphatic carbocycles. The van der Waals surface area contributed by atoms with Crippen molar-refractivity contribution in [3.8, 4) is 57.2 Å². The number of hydrogen-bond donors (Lipinski definition) is 0. The van der Waals surface area contributed by atoms with E-state index in [1.165, 1.54) is 5.56 Å². The third-order valence-corrected chi connectivity index (χ3v) is 5.07. The molecule has 0 atom stereocenters. The van der Waals surface area contributed by atoms with Gasteiger partial charge in [0.25, 0.3) is 5.89 Å². The molecule has 0 aliphatic heterocycles. The van der Waals surface area contributed by atoms with E-state index in [9.17, 15) is 0 Å². The molecule has 2 heterocycles. The zero-order chi connectivity index (χ0) is 23.4. The summed E-state index contributed by atoms with van der Waals surface area (Å²) in [6.07, 6.45) is 0. The summed E-state index contributed by atoms with van der Waals surface area (Å²) < 4.78 is 27.6. The molecule has 170 valence electrons. The van der Waals surface area contributed by atoms with Gasteiger partial charge < -0.3 is 23.5 Å². The molecule has 0 fully saturated rings. The maximum absolute atomic E-state index is 5.81. The fraction of sp³-hybridized carbons (Fsp3) is 0.240. The van der Waals surface area contributed by atoms with Gasteiger partial charge in [-0.3, -0.25) is 0 Å². The molecule has 2 aromatic heterocycles. The molecule has 2 aromatic carbocycles. The molecule has 8 heteroatoms. The molecule has 8 nitrogen and oxygen atoms in total. The van der Waals surface area contributed by atoms with Gasteiger partial charge >= 0.3 is 0 Å². The summed E-state index contributed by atoms with van der Waals surface area (Å²) in [5, 5.41) is 4.15. The molecular formula is C25H25N3O5. The van der Waals surface area contributed by atoms with Crippen LogP contribution in [0.2, 0.25) is 0 Å². The van der Waals surface area contributed by atoms with Crippen molar-refractivity contribution in [3.63, 3.8) is 0 Å². The van der Waals surface area contributed by atoms with Gasteiger partial charge in [-0.2, -0.15) is 4.98 Å². The topological polar surface area (TPSA) is 88.7 Å². The Morgan fingerprint density at radius 3 is 2.12 bits per heavy atom. The highest BCUT2D eigenvalue weighted by molar-refractivity contribution is 5.70. The lowest BCUT2D eigenvalue weighted by Gasteiger charge is -2.12. The van der Waals surface area contributed by atoms with Crippen LogP contribution in [0, 0.1) is 6.92 Å². The van der Waals surface area contributed by atoms with Crippen molar-refractivity contribution >= 4 is 0 Å². The van der Waals surface area contributed by atoms with E-state index in [0.717, 1.165) is 11.3 Å². The summed E-state index contributed by atoms with van der Waals surface area (Å²) in [6.45, 7) is 4.41. The van der Waals surface area contributed by atoms with Gasteiger partial charge in [0.05, 0.1) is 39.2 Å². The number of aromatic nitrogens is 3. The van der Waals surface area contributed by atoms with E-state index in [-0.39, 0.29) is 0 Å². The second-order valence-corrected chi connectivity index (χ2v) is 7.19. The number of pyridine rings is 1. The average molecular weight is 447 g/mol. The number of rotatable bonds is 8. The first-order valence-electron chi connectivity index (χ1n) is 10.4. The molecule has 4 aromatic rings. The molecule has 0 unspecified atom stereocenters. The zero-order valence-corrected chi connectivity index (χ0v) is 19.2. The van der Waals surface area contributed by atoms with Crippen LogP contribution in [0.15, 0.2) is 53.1 Å². The molecule has 0 amide bonds. The van der Waals surface area contributed by atoms with Gasteiger partial charge in [-0.15, -0.1) is 0 Å². The predicted molar refractivity (Wildman–Crippen MR) is 124 cm³/mol. The summed E-state index contributed by atoms with van der Waals surface area (Å²) in [5.74, 6) is 2.57. The Balaban J connectivity index is 1.73. The van der Waals surface area contributed by atoms with E-state index in [0.29, 0.717) is 52.6 Å². The molecule has 33 heavy (non-hydrogen) atoms. The van der Waals surface area contributed by atoms with Crippen LogP contribution in [0.5, 0.6) is 23.1 Å². The van der Waals surface area contributed by atoms with Crippen LogP contribution >= 0.6 is 0 Å². The third kappa shape index (κ3) is 4.45. The minimum Gasteiger partial charge on any atom is -0.493 e. The highest BCUT2D eigenvalue weighted by Crippen LogP contribution is 2.41. The number of benzene rings is 2. The Kier molecular flexibility index (Phi) is 6.44. The lowest BCUT2D eigenvalue weighted by atomic mass is 10.1. The maximum Gasteiger partial charge on any atom is 0.258 e. The van der Waals surface area contributed by atoms with Crippen LogP contribution in [0.25, 0.3) is 34.1 Å². The van der Waals surface area contributed by atoms with Crippen molar-refractivity contribution in [2.45, 2.75) is 13.8 Å². The molecule has 0 N–H and O–H groups in total. The summed E-state index contributed by atoms with van der Waals surface area (Å²) in [6, 6.07) is 15.5. The van der Waals surface area contributed by atoms with Crippen LogP contribution in [0.4, 0.5) is 0 Å². The van der Waals surface area contributed by atoms with E-state index in [2.05, 4.69) is 10.1 Å². The van der Waals surface area contributed by atoms with E-state index < -0.39 is 0 Å². The normalized spacial score (nSPS) is 10.7. The van der Waals surface area contributed by atoms with Gasteiger partial charge in [0.1, 0.15) is 0 Å². The van der Waals surface area contributed by atoms with Gasteiger partial charge in [-0.1, -0.05) is 35.0 Å². The van der Waals surface area contributed by atoms with Crippen LogP contribution in [-0.4, -0.2) is 43.1 Å². The van der Waals surface area contributed by atoms with E-state index in [1.807, 2.05) is 50.2 Å². The number of nitrogens with zero attached hydrogens (tertiary/aromatic N) is 3. The SMILES string of the molecule is CCOc1nc(-c2ccc(C)cc2)ccc1-c1noc(-c2cc(OC)c(OC)c(OC)c2)n1. The number of hydrogen-bond acceptors (Lipinski definition) is 8. The van der Waals surface area contributed by atoms with Crippen LogP contribution in [0.1, 0.15) is 12.5 Å². The molecule has 0 saturated carbocycles. The lowest BCUT2D eigenvalue weighted by molar-refractivity contribution is 0.324. The van der Waals surface area contributed by atoms with Crippen LogP contribution in [0.3, 0.4) is 0 Å². The first-order chi connectivity index (χ1) is 16.1. The molecule has 0 aliphatic rings. The average Bonchev–Trinajstić information content (AvgIpc) is 3.34. The highest BCUT2D eigenvalue weighted by atomic mass is 16.5. The molecule has 0 radical (unpaired) electrons. The van der Waals surface area contributed by atoms with E-state index in [4.69, 9.17) is 28.5 Å². The predicted octanol–water partition coefficient (Wildman–Crippen LogP) is 5.20. The largest absolute Gasteiger partial charge is 0.493 e. The van der Waals surface area contributed by atoms with Gasteiger partial charge in [-0.25, -0.2) is 4.98 Å². The van der Waals surface area contributed by atoms with Gasteiger partial charge in [-0.05, 0) is 38.1 Å². The van der Waals surface area contributed by atoms with Crippen molar-refractivity contribution in [3.05, 3.63) is 54.1 Å². The van der Waals surface area contributed by atoms with E-state index >= 15 is 0 Å². The minimum atomic E-state index is 0.300. The van der Waals surface area contributed by atoms with Crippen LogP contribution < -0.4 is 18.9 Å². The smallest absolute Gasteiger partial charge is 0.258 e. The van der Waals surface area contributed by atoms with Crippen molar-refractivity contribution in [2.75, 3.05) is 27.9 Å². The highest BCUT2D eigenvalue weighted by Gasteiger charge is 2.20. The maximum atomic E-state index is 5.81. The molecule has 0 bridgehead atoms. The minimum absolute atomic E-state index is 0.300. The lowest BCUT2D eigenvalue weighted by Crippen LogP contribution is -1.99. The fourth-order valence-electron chi connectivity index (χ4n) is 3.40. The van der Waals surface area contributed by atoms with Crippen molar-refractivity contribution in [1.29, 1.82) is 0 Å². The second kappa shape index (κ2) is 9.60. The summed E-state index contributed by atoms with van der Waals surface area (Å²) in [7, 11) is 4.65. The van der Waals surface area contributed by atoms with Crippen LogP contribution in [-0.2, 0) is 0 Å².